The molecule has 2 heterocycles. The molecule has 2 rings (SSSR count). The zero-order valence-corrected chi connectivity index (χ0v) is 9.75. The topological polar surface area (TPSA) is 89.1 Å². The van der Waals surface area contributed by atoms with Crippen molar-refractivity contribution in [2.24, 2.45) is 0 Å². The van der Waals surface area contributed by atoms with E-state index in [1.807, 2.05) is 0 Å². The Balaban J connectivity index is 2.36. The molecular weight excluding hydrogens is 226 g/mol. The van der Waals surface area contributed by atoms with Crippen LogP contribution in [0.5, 0.6) is 0 Å². The van der Waals surface area contributed by atoms with Crippen LogP contribution in [0.3, 0.4) is 0 Å². The van der Waals surface area contributed by atoms with Gasteiger partial charge in [-0.25, -0.2) is 4.40 Å². The number of nitrogen functional groups attached to an aromatic ring is 1. The second-order valence-corrected chi connectivity index (χ2v) is 4.46. The Morgan fingerprint density at radius 3 is 3.12 bits per heavy atom. The molecule has 0 aliphatic carbocycles. The molecule has 0 aliphatic heterocycles. The number of anilines is 1. The van der Waals surface area contributed by atoms with Gasteiger partial charge in [-0.05, 0) is 6.42 Å². The standard InChI is InChI=1S/C9H13N5OS/c1-2-3-4-16-9-13-12-8-11-7(15)5-6(10)14(8)9/h5H,2-4,10H2,1H3,(H,11,12,15). The van der Waals surface area contributed by atoms with Gasteiger partial charge in [0.25, 0.3) is 5.56 Å². The Morgan fingerprint density at radius 2 is 2.38 bits per heavy atom. The number of unbranched alkanes of at least 4 members (excludes halogenated alkanes) is 1. The van der Waals surface area contributed by atoms with Crippen LogP contribution >= 0.6 is 11.8 Å². The number of nitrogens with zero attached hydrogens (tertiary/aromatic N) is 3. The molecule has 0 atom stereocenters. The summed E-state index contributed by atoms with van der Waals surface area (Å²) in [6, 6.07) is 1.33. The molecule has 0 saturated heterocycles. The van der Waals surface area contributed by atoms with Crippen molar-refractivity contribution in [3.63, 3.8) is 0 Å². The molecule has 0 amide bonds. The molecule has 0 fully saturated rings. The molecular formula is C9H13N5OS. The number of hydrogen-bond acceptors (Lipinski definition) is 5. The van der Waals surface area contributed by atoms with Gasteiger partial charge >= 0.3 is 0 Å². The van der Waals surface area contributed by atoms with Gasteiger partial charge in [-0.1, -0.05) is 25.1 Å². The van der Waals surface area contributed by atoms with Crippen LogP contribution < -0.4 is 11.3 Å². The average Bonchev–Trinajstić information content (AvgIpc) is 2.62. The minimum Gasteiger partial charge on any atom is -0.385 e. The number of thioether (sulfide) groups is 1. The summed E-state index contributed by atoms with van der Waals surface area (Å²) in [5.74, 6) is 1.72. The highest BCUT2D eigenvalue weighted by Gasteiger charge is 2.09. The maximum Gasteiger partial charge on any atom is 0.254 e. The molecule has 3 N–H and O–H groups in total. The highest BCUT2D eigenvalue weighted by Crippen LogP contribution is 2.19. The third-order valence-electron chi connectivity index (χ3n) is 2.13. The summed E-state index contributed by atoms with van der Waals surface area (Å²) in [5, 5.41) is 8.59. The lowest BCUT2D eigenvalue weighted by Gasteiger charge is -2.01. The monoisotopic (exact) mass is 239 g/mol. The van der Waals surface area contributed by atoms with E-state index in [1.165, 1.54) is 6.07 Å². The third-order valence-corrected chi connectivity index (χ3v) is 3.15. The third kappa shape index (κ3) is 2.04. The van der Waals surface area contributed by atoms with Gasteiger partial charge in [0.2, 0.25) is 5.78 Å². The molecule has 86 valence electrons. The molecule has 0 aliphatic rings. The number of nitrogens with two attached hydrogens (primary N) is 1. The molecule has 0 aromatic carbocycles. The van der Waals surface area contributed by atoms with Gasteiger partial charge in [-0.15, -0.1) is 10.2 Å². The quantitative estimate of drug-likeness (QED) is 0.611. The molecule has 0 saturated carbocycles. The van der Waals surface area contributed by atoms with Crippen molar-refractivity contribution in [2.75, 3.05) is 11.5 Å². The summed E-state index contributed by atoms with van der Waals surface area (Å²) in [6.07, 6.45) is 2.25. The molecule has 16 heavy (non-hydrogen) atoms. The molecule has 6 nitrogen and oxygen atoms in total. The van der Waals surface area contributed by atoms with Crippen molar-refractivity contribution >= 4 is 23.4 Å². The van der Waals surface area contributed by atoms with E-state index in [0.717, 1.165) is 23.8 Å². The lowest BCUT2D eigenvalue weighted by atomic mass is 10.4. The molecule has 0 spiro atoms. The van der Waals surface area contributed by atoms with Gasteiger partial charge < -0.3 is 5.73 Å². The highest BCUT2D eigenvalue weighted by atomic mass is 32.2. The number of aromatic amines is 1. The smallest absolute Gasteiger partial charge is 0.254 e. The Bertz CT molecular complexity index is 546. The van der Waals surface area contributed by atoms with Crippen LogP contribution in [-0.2, 0) is 0 Å². The maximum atomic E-state index is 11.2. The minimum atomic E-state index is -0.262. The van der Waals surface area contributed by atoms with E-state index >= 15 is 0 Å². The van der Waals surface area contributed by atoms with Gasteiger partial charge in [0, 0.05) is 11.8 Å². The Labute approximate surface area is 96.3 Å². The fourth-order valence-electron chi connectivity index (χ4n) is 1.33. The number of nitrogens with one attached hydrogen (secondary N) is 1. The Morgan fingerprint density at radius 1 is 1.56 bits per heavy atom. The predicted octanol–water partition coefficient (Wildman–Crippen LogP) is 0.892. The van der Waals surface area contributed by atoms with E-state index in [4.69, 9.17) is 5.73 Å². The van der Waals surface area contributed by atoms with Crippen LogP contribution in [0.1, 0.15) is 19.8 Å². The zero-order valence-electron chi connectivity index (χ0n) is 8.93. The van der Waals surface area contributed by atoms with E-state index in [2.05, 4.69) is 22.1 Å². The van der Waals surface area contributed by atoms with Crippen LogP contribution in [0.15, 0.2) is 16.0 Å². The number of fused-ring (bicyclic) bond motifs is 1. The average molecular weight is 239 g/mol. The lowest BCUT2D eigenvalue weighted by molar-refractivity contribution is 0.881. The van der Waals surface area contributed by atoms with Crippen LogP contribution in [0, 0.1) is 0 Å². The lowest BCUT2D eigenvalue weighted by Crippen LogP contribution is -2.11. The predicted molar refractivity (Wildman–Crippen MR) is 63.7 cm³/mol. The van der Waals surface area contributed by atoms with E-state index in [-0.39, 0.29) is 5.56 Å². The van der Waals surface area contributed by atoms with E-state index in [1.54, 1.807) is 16.2 Å². The fraction of sp³-hybridized carbons (Fsp3) is 0.444. The highest BCUT2D eigenvalue weighted by molar-refractivity contribution is 7.99. The van der Waals surface area contributed by atoms with Gasteiger partial charge in [0.05, 0.1) is 0 Å². The summed E-state index contributed by atoms with van der Waals surface area (Å²) in [5.41, 5.74) is 5.49. The van der Waals surface area contributed by atoms with E-state index in [9.17, 15) is 4.79 Å². The summed E-state index contributed by atoms with van der Waals surface area (Å²) < 4.78 is 1.65. The molecule has 7 heteroatoms. The minimum absolute atomic E-state index is 0.262. The molecule has 0 bridgehead atoms. The first-order chi connectivity index (χ1) is 7.72. The van der Waals surface area contributed by atoms with E-state index < -0.39 is 0 Å². The number of H-pyrrole nitrogens is 1. The normalized spacial score (nSPS) is 11.1. The van der Waals surface area contributed by atoms with Crippen LogP contribution in [0.4, 0.5) is 5.82 Å². The SMILES string of the molecule is CCCCSc1nnc2[nH]c(=O)cc(N)n12. The summed E-state index contributed by atoms with van der Waals surface area (Å²) in [6.45, 7) is 2.13. The van der Waals surface area contributed by atoms with Gasteiger partial charge in [0.15, 0.2) is 5.16 Å². The van der Waals surface area contributed by atoms with Crippen molar-refractivity contribution in [3.05, 3.63) is 16.4 Å². The number of aromatic nitrogens is 4. The van der Waals surface area contributed by atoms with E-state index in [0.29, 0.717) is 11.6 Å². The van der Waals surface area contributed by atoms with Crippen molar-refractivity contribution in [1.82, 2.24) is 19.6 Å². The van der Waals surface area contributed by atoms with Crippen molar-refractivity contribution in [1.29, 1.82) is 0 Å². The zero-order chi connectivity index (χ0) is 11.5. The van der Waals surface area contributed by atoms with Gasteiger partial charge in [-0.2, -0.15) is 0 Å². The van der Waals surface area contributed by atoms with Crippen molar-refractivity contribution in [2.45, 2.75) is 24.9 Å². The summed E-state index contributed by atoms with van der Waals surface area (Å²) >= 11 is 1.59. The maximum absolute atomic E-state index is 11.2. The van der Waals surface area contributed by atoms with Crippen LogP contribution in [0.2, 0.25) is 0 Å². The first-order valence-electron chi connectivity index (χ1n) is 5.09. The van der Waals surface area contributed by atoms with Crippen LogP contribution in [0.25, 0.3) is 5.78 Å². The first kappa shape index (κ1) is 11.0. The second kappa shape index (κ2) is 4.56. The Kier molecular flexibility index (Phi) is 3.14. The van der Waals surface area contributed by atoms with Gasteiger partial charge in [-0.3, -0.25) is 9.78 Å². The number of hydrogen-bond donors (Lipinski definition) is 2. The van der Waals surface area contributed by atoms with Crippen molar-refractivity contribution in [3.8, 4) is 0 Å². The summed E-state index contributed by atoms with van der Waals surface area (Å²) in [7, 11) is 0. The largest absolute Gasteiger partial charge is 0.385 e. The molecule has 2 aromatic heterocycles. The van der Waals surface area contributed by atoms with Gasteiger partial charge in [0.1, 0.15) is 5.82 Å². The molecule has 2 aromatic rings. The molecule has 0 radical (unpaired) electrons. The first-order valence-corrected chi connectivity index (χ1v) is 6.07. The fourth-order valence-corrected chi connectivity index (χ4v) is 2.37. The van der Waals surface area contributed by atoms with Crippen molar-refractivity contribution < 1.29 is 0 Å². The number of rotatable bonds is 4. The molecule has 0 unspecified atom stereocenters. The van der Waals surface area contributed by atoms with Crippen LogP contribution in [-0.4, -0.2) is 25.3 Å². The Hall–Kier alpha value is -1.50. The summed E-state index contributed by atoms with van der Waals surface area (Å²) in [4.78, 5) is 13.7. The second-order valence-electron chi connectivity index (χ2n) is 3.40.